The normalized spacial score (nSPS) is 14.6. The average Bonchev–Trinajstić information content (AvgIpc) is 3.48. The maximum absolute atomic E-state index is 12.7. The van der Waals surface area contributed by atoms with Crippen LogP contribution < -0.4 is 21.7 Å². The third-order valence-corrected chi connectivity index (χ3v) is 9.99. The minimum atomic E-state index is -0.633. The molecule has 236 valence electrons. The molecule has 1 aromatic heterocycles. The average molecular weight is 678 g/mol. The van der Waals surface area contributed by atoms with Crippen LogP contribution in [0.15, 0.2) is 52.2 Å². The van der Waals surface area contributed by atoms with Crippen molar-refractivity contribution in [3.8, 4) is 11.3 Å². The lowest BCUT2D eigenvalue weighted by atomic mass is 10.0. The van der Waals surface area contributed by atoms with E-state index in [1.54, 1.807) is 0 Å². The number of hydrogen-bond donors (Lipinski definition) is 4. The molecule has 0 radical (unpaired) electrons. The van der Waals surface area contributed by atoms with E-state index in [0.29, 0.717) is 34.5 Å². The van der Waals surface area contributed by atoms with E-state index in [2.05, 4.69) is 20.9 Å². The summed E-state index contributed by atoms with van der Waals surface area (Å²) in [5.74, 6) is -0.00997. The lowest BCUT2D eigenvalue weighted by Gasteiger charge is -2.32. The van der Waals surface area contributed by atoms with Crippen LogP contribution in [0.1, 0.15) is 44.6 Å². The molecule has 1 atom stereocenters. The molecule has 2 aromatic carbocycles. The summed E-state index contributed by atoms with van der Waals surface area (Å²) in [4.78, 5) is 43.2. The highest BCUT2D eigenvalue weighted by Crippen LogP contribution is 2.30. The number of halogens is 2. The predicted molar refractivity (Wildman–Crippen MR) is 180 cm³/mol. The Kier molecular flexibility index (Phi) is 13.3. The van der Waals surface area contributed by atoms with Gasteiger partial charge in [-0.25, -0.2) is 4.98 Å². The van der Waals surface area contributed by atoms with Gasteiger partial charge < -0.3 is 21.7 Å². The second kappa shape index (κ2) is 17.1. The maximum atomic E-state index is 12.7. The summed E-state index contributed by atoms with van der Waals surface area (Å²) in [6, 6.07) is 12.7. The molecule has 0 bridgehead atoms. The number of nitrogens with zero attached hydrogens (tertiary/aromatic N) is 2. The van der Waals surface area contributed by atoms with Gasteiger partial charge >= 0.3 is 0 Å². The summed E-state index contributed by atoms with van der Waals surface area (Å²) in [6.07, 6.45) is 3.84. The first-order chi connectivity index (χ1) is 21.2. The fourth-order valence-corrected chi connectivity index (χ4v) is 6.83. The Morgan fingerprint density at radius 3 is 2.66 bits per heavy atom. The molecule has 4 rings (SSSR count). The zero-order chi connectivity index (χ0) is 31.5. The van der Waals surface area contributed by atoms with E-state index >= 15 is 0 Å². The van der Waals surface area contributed by atoms with Crippen molar-refractivity contribution in [3.63, 3.8) is 0 Å². The molecule has 44 heavy (non-hydrogen) atoms. The highest BCUT2D eigenvalue weighted by molar-refractivity contribution is 8.01. The number of rotatable bonds is 14. The molecule has 9 nitrogen and oxygen atoms in total. The SMILES string of the molecule is CC(=O)NCCCC[C@H](N)C(=O)Nc1cccc(-c2csc(SCC(=O)NC3CCN(Cc4ccc(Cl)c(Cl)c4)CC3)n2)c1. The van der Waals surface area contributed by atoms with Crippen molar-refractivity contribution in [1.82, 2.24) is 20.5 Å². The van der Waals surface area contributed by atoms with Gasteiger partial charge in [0, 0.05) is 55.8 Å². The first-order valence-corrected chi connectivity index (χ1v) is 17.2. The van der Waals surface area contributed by atoms with Crippen molar-refractivity contribution in [2.45, 2.75) is 62.0 Å². The highest BCUT2D eigenvalue weighted by Gasteiger charge is 2.21. The Morgan fingerprint density at radius 2 is 1.91 bits per heavy atom. The second-order valence-corrected chi connectivity index (χ2v) is 13.7. The number of nitrogens with two attached hydrogens (primary N) is 1. The molecule has 2 heterocycles. The van der Waals surface area contributed by atoms with E-state index in [9.17, 15) is 14.4 Å². The number of anilines is 1. The Morgan fingerprint density at radius 1 is 1.11 bits per heavy atom. The number of piperidine rings is 1. The summed E-state index contributed by atoms with van der Waals surface area (Å²) in [5, 5.41) is 11.9. The Labute approximate surface area is 276 Å². The molecule has 0 saturated carbocycles. The smallest absolute Gasteiger partial charge is 0.241 e. The van der Waals surface area contributed by atoms with Crippen molar-refractivity contribution in [2.75, 3.05) is 30.7 Å². The molecule has 13 heteroatoms. The number of carbonyl (C=O) groups excluding carboxylic acids is 3. The third kappa shape index (κ3) is 11.0. The van der Waals surface area contributed by atoms with Crippen LogP contribution in [0.3, 0.4) is 0 Å². The van der Waals surface area contributed by atoms with Crippen molar-refractivity contribution < 1.29 is 14.4 Å². The van der Waals surface area contributed by atoms with Crippen molar-refractivity contribution >= 4 is 69.7 Å². The van der Waals surface area contributed by atoms with Crippen LogP contribution in [-0.4, -0.2) is 65.1 Å². The molecule has 1 aliphatic rings. The van der Waals surface area contributed by atoms with Crippen LogP contribution in [-0.2, 0) is 20.9 Å². The maximum Gasteiger partial charge on any atom is 0.241 e. The number of likely N-dealkylation sites (tertiary alicyclic amines) is 1. The summed E-state index contributed by atoms with van der Waals surface area (Å²) in [5.41, 5.74) is 9.49. The molecular formula is C31H38Cl2N6O3S2. The third-order valence-electron chi connectivity index (χ3n) is 7.23. The van der Waals surface area contributed by atoms with Gasteiger partial charge in [-0.05, 0) is 61.9 Å². The van der Waals surface area contributed by atoms with Crippen LogP contribution in [0.25, 0.3) is 11.3 Å². The van der Waals surface area contributed by atoms with Crippen molar-refractivity contribution in [3.05, 3.63) is 63.5 Å². The molecule has 3 amide bonds. The van der Waals surface area contributed by atoms with Gasteiger partial charge in [0.25, 0.3) is 0 Å². The number of aromatic nitrogens is 1. The zero-order valence-corrected chi connectivity index (χ0v) is 27.8. The first kappa shape index (κ1) is 34.2. The molecule has 1 fully saturated rings. The summed E-state index contributed by atoms with van der Waals surface area (Å²) >= 11 is 15.1. The fraction of sp³-hybridized carbons (Fsp3) is 0.419. The van der Waals surface area contributed by atoms with Crippen LogP contribution in [0.4, 0.5) is 5.69 Å². The Hall–Kier alpha value is -2.67. The van der Waals surface area contributed by atoms with Gasteiger partial charge in [0.15, 0.2) is 4.34 Å². The lowest BCUT2D eigenvalue weighted by molar-refractivity contribution is -0.120. The number of thioether (sulfide) groups is 1. The molecule has 3 aromatic rings. The molecule has 0 spiro atoms. The molecule has 1 aliphatic heterocycles. The van der Waals surface area contributed by atoms with Gasteiger partial charge in [-0.1, -0.05) is 53.2 Å². The minimum absolute atomic E-state index is 0.00541. The summed E-state index contributed by atoms with van der Waals surface area (Å²) in [7, 11) is 0. The zero-order valence-electron chi connectivity index (χ0n) is 24.6. The topological polar surface area (TPSA) is 129 Å². The van der Waals surface area contributed by atoms with Crippen LogP contribution in [0.5, 0.6) is 0 Å². The lowest BCUT2D eigenvalue weighted by Crippen LogP contribution is -2.44. The molecule has 5 N–H and O–H groups in total. The number of amides is 3. The molecule has 1 saturated heterocycles. The predicted octanol–water partition coefficient (Wildman–Crippen LogP) is 5.56. The van der Waals surface area contributed by atoms with Crippen LogP contribution in [0, 0.1) is 0 Å². The van der Waals surface area contributed by atoms with E-state index in [1.165, 1.54) is 30.0 Å². The van der Waals surface area contributed by atoms with Crippen LogP contribution >= 0.6 is 46.3 Å². The van der Waals surface area contributed by atoms with E-state index < -0.39 is 6.04 Å². The highest BCUT2D eigenvalue weighted by atomic mass is 35.5. The van der Waals surface area contributed by atoms with E-state index in [1.807, 2.05) is 47.8 Å². The van der Waals surface area contributed by atoms with Gasteiger partial charge in [-0.3, -0.25) is 19.3 Å². The van der Waals surface area contributed by atoms with Gasteiger partial charge in [-0.15, -0.1) is 11.3 Å². The summed E-state index contributed by atoms with van der Waals surface area (Å²) < 4.78 is 0.808. The number of benzene rings is 2. The second-order valence-electron chi connectivity index (χ2n) is 10.8. The van der Waals surface area contributed by atoms with Crippen molar-refractivity contribution in [1.29, 1.82) is 0 Å². The Balaban J connectivity index is 1.17. The number of hydrogen-bond acceptors (Lipinski definition) is 8. The minimum Gasteiger partial charge on any atom is -0.356 e. The molecule has 0 unspecified atom stereocenters. The fourth-order valence-electron chi connectivity index (χ4n) is 4.86. The largest absolute Gasteiger partial charge is 0.356 e. The Bertz CT molecular complexity index is 1430. The van der Waals surface area contributed by atoms with Gasteiger partial charge in [0.05, 0.1) is 27.5 Å². The van der Waals surface area contributed by atoms with Gasteiger partial charge in [0.2, 0.25) is 17.7 Å². The number of thiazole rings is 1. The number of nitrogens with one attached hydrogen (secondary N) is 3. The molecule has 0 aliphatic carbocycles. The number of unbranched alkanes of at least 4 members (excludes halogenated alkanes) is 1. The number of carbonyl (C=O) groups is 3. The first-order valence-electron chi connectivity index (χ1n) is 14.6. The monoisotopic (exact) mass is 676 g/mol. The van der Waals surface area contributed by atoms with Crippen LogP contribution in [0.2, 0.25) is 10.0 Å². The van der Waals surface area contributed by atoms with Gasteiger partial charge in [0.1, 0.15) is 0 Å². The molecular weight excluding hydrogens is 639 g/mol. The van der Waals surface area contributed by atoms with E-state index in [0.717, 1.165) is 66.5 Å². The van der Waals surface area contributed by atoms with Gasteiger partial charge in [-0.2, -0.15) is 0 Å². The quantitative estimate of drug-likeness (QED) is 0.130. The van der Waals surface area contributed by atoms with Crippen molar-refractivity contribution in [2.24, 2.45) is 5.73 Å². The standard InChI is InChI=1S/C31H38Cl2N6O3S2/c1-20(40)35-12-3-2-7-27(34)30(42)37-24-6-4-5-22(16-24)28-18-43-31(38-28)44-19-29(41)36-23-10-13-39(14-11-23)17-21-8-9-25(32)26(33)15-21/h4-6,8-9,15-16,18,23,27H,2-3,7,10-14,17,19,34H2,1H3,(H,35,40)(H,36,41)(H,37,42)/t27-/m0/s1. The van der Waals surface area contributed by atoms with E-state index in [4.69, 9.17) is 33.9 Å². The van der Waals surface area contributed by atoms with E-state index in [-0.39, 0.29) is 23.8 Å². The summed E-state index contributed by atoms with van der Waals surface area (Å²) in [6.45, 7) is 4.67.